The van der Waals surface area contributed by atoms with Gasteiger partial charge in [-0.2, -0.15) is 4.37 Å². The highest BCUT2D eigenvalue weighted by Crippen LogP contribution is 2.38. The van der Waals surface area contributed by atoms with Crippen molar-refractivity contribution < 1.29 is 0 Å². The molecule has 1 atom stereocenters. The van der Waals surface area contributed by atoms with E-state index in [4.69, 9.17) is 5.73 Å². The fourth-order valence-electron chi connectivity index (χ4n) is 2.70. The summed E-state index contributed by atoms with van der Waals surface area (Å²) in [7, 11) is 0. The van der Waals surface area contributed by atoms with Gasteiger partial charge in [0.25, 0.3) is 0 Å². The maximum atomic E-state index is 6.03. The third-order valence-corrected chi connectivity index (χ3v) is 5.72. The number of aryl methyl sites for hydroxylation is 1. The van der Waals surface area contributed by atoms with E-state index < -0.39 is 0 Å². The molecular weight excluding hydrogens is 302 g/mol. The smallest absolute Gasteiger partial charge is 0.149 e. The Morgan fingerprint density at radius 1 is 1.52 bits per heavy atom. The van der Waals surface area contributed by atoms with Gasteiger partial charge in [-0.3, -0.25) is 0 Å². The Morgan fingerprint density at radius 3 is 3.05 bits per heavy atom. The molecule has 3 rings (SSSR count). The van der Waals surface area contributed by atoms with Gasteiger partial charge in [0.15, 0.2) is 0 Å². The number of nitrogens with two attached hydrogens (primary N) is 1. The predicted molar refractivity (Wildman–Crippen MR) is 91.1 cm³/mol. The SMILES string of the molecule is CCN1CCC(CNc2snc(N)c2-c2nc(C)cs2)C1. The molecule has 1 unspecified atom stereocenters. The van der Waals surface area contributed by atoms with Gasteiger partial charge >= 0.3 is 0 Å². The number of hydrogen-bond acceptors (Lipinski definition) is 7. The third kappa shape index (κ3) is 3.20. The van der Waals surface area contributed by atoms with E-state index in [0.717, 1.165) is 34.4 Å². The van der Waals surface area contributed by atoms with Crippen LogP contribution in [-0.2, 0) is 0 Å². The Morgan fingerprint density at radius 2 is 2.38 bits per heavy atom. The summed E-state index contributed by atoms with van der Waals surface area (Å²) < 4.78 is 4.29. The van der Waals surface area contributed by atoms with Crippen LogP contribution >= 0.6 is 22.9 Å². The topological polar surface area (TPSA) is 67.1 Å². The summed E-state index contributed by atoms with van der Waals surface area (Å²) >= 11 is 3.06. The summed E-state index contributed by atoms with van der Waals surface area (Å²) in [5, 5.41) is 7.61. The minimum atomic E-state index is 0.582. The average Bonchev–Trinajstić information content (AvgIpc) is 3.16. The molecule has 0 amide bonds. The van der Waals surface area contributed by atoms with Crippen molar-refractivity contribution in [1.82, 2.24) is 14.3 Å². The van der Waals surface area contributed by atoms with E-state index in [1.165, 1.54) is 31.0 Å². The van der Waals surface area contributed by atoms with Crippen molar-refractivity contribution in [3.05, 3.63) is 11.1 Å². The third-order valence-electron chi connectivity index (χ3n) is 3.92. The van der Waals surface area contributed by atoms with E-state index in [1.807, 2.05) is 12.3 Å². The molecule has 0 spiro atoms. The molecular formula is C14H21N5S2. The fraction of sp³-hybridized carbons (Fsp3) is 0.571. The monoisotopic (exact) mass is 323 g/mol. The van der Waals surface area contributed by atoms with Crippen LogP contribution in [0.4, 0.5) is 10.8 Å². The first-order valence-corrected chi connectivity index (χ1v) is 8.96. The molecule has 21 heavy (non-hydrogen) atoms. The number of hydrogen-bond donors (Lipinski definition) is 2. The second kappa shape index (κ2) is 6.29. The second-order valence-corrected chi connectivity index (χ2v) is 7.13. The first-order valence-electron chi connectivity index (χ1n) is 7.31. The lowest BCUT2D eigenvalue weighted by Gasteiger charge is -2.14. The summed E-state index contributed by atoms with van der Waals surface area (Å²) in [5.74, 6) is 1.29. The van der Waals surface area contributed by atoms with Gasteiger partial charge in [-0.05, 0) is 43.9 Å². The molecule has 3 heterocycles. The molecule has 0 bridgehead atoms. The number of thiazole rings is 1. The largest absolute Gasteiger partial charge is 0.382 e. The Hall–Kier alpha value is -1.18. The molecule has 1 aliphatic rings. The molecule has 1 aliphatic heterocycles. The van der Waals surface area contributed by atoms with Crippen molar-refractivity contribution in [2.75, 3.05) is 37.2 Å². The maximum Gasteiger partial charge on any atom is 0.149 e. The molecule has 0 radical (unpaired) electrons. The number of nitrogens with one attached hydrogen (secondary N) is 1. The summed E-state index contributed by atoms with van der Waals surface area (Å²) in [5.41, 5.74) is 8.03. The molecule has 3 N–H and O–H groups in total. The normalized spacial score (nSPS) is 19.2. The standard InChI is InChI=1S/C14H21N5S2/c1-3-19-5-4-10(7-19)6-16-13-11(12(15)18-21-13)14-17-9(2)8-20-14/h8,10,16H,3-7H2,1-2H3,(H2,15,18). The van der Waals surface area contributed by atoms with Crippen LogP contribution in [0, 0.1) is 12.8 Å². The number of anilines is 2. The van der Waals surface area contributed by atoms with Crippen LogP contribution in [0.25, 0.3) is 10.6 Å². The van der Waals surface area contributed by atoms with E-state index >= 15 is 0 Å². The first kappa shape index (κ1) is 14.7. The van der Waals surface area contributed by atoms with Gasteiger partial charge in [0.2, 0.25) is 0 Å². The van der Waals surface area contributed by atoms with Crippen LogP contribution in [0.2, 0.25) is 0 Å². The molecule has 2 aromatic heterocycles. The zero-order valence-corrected chi connectivity index (χ0v) is 14.1. The van der Waals surface area contributed by atoms with Gasteiger partial charge in [0, 0.05) is 24.2 Å². The summed E-state index contributed by atoms with van der Waals surface area (Å²) in [6.07, 6.45) is 1.26. The van der Waals surface area contributed by atoms with Crippen molar-refractivity contribution in [3.63, 3.8) is 0 Å². The van der Waals surface area contributed by atoms with E-state index in [9.17, 15) is 0 Å². The van der Waals surface area contributed by atoms with Crippen molar-refractivity contribution >= 4 is 33.7 Å². The predicted octanol–water partition coefficient (Wildman–Crippen LogP) is 2.91. The van der Waals surface area contributed by atoms with E-state index in [-0.39, 0.29) is 0 Å². The van der Waals surface area contributed by atoms with Crippen molar-refractivity contribution in [1.29, 1.82) is 0 Å². The minimum absolute atomic E-state index is 0.582. The molecule has 7 heteroatoms. The Labute approximate surface area is 133 Å². The Balaban J connectivity index is 1.69. The number of nitrogen functional groups attached to an aromatic ring is 1. The second-order valence-electron chi connectivity index (χ2n) is 5.49. The van der Waals surface area contributed by atoms with Crippen molar-refractivity contribution in [2.24, 2.45) is 5.92 Å². The average molecular weight is 323 g/mol. The summed E-state index contributed by atoms with van der Waals surface area (Å²) in [6, 6.07) is 0. The lowest BCUT2D eigenvalue weighted by atomic mass is 10.1. The molecule has 2 aromatic rings. The highest BCUT2D eigenvalue weighted by Gasteiger charge is 2.22. The van der Waals surface area contributed by atoms with Crippen LogP contribution in [0.5, 0.6) is 0 Å². The summed E-state index contributed by atoms with van der Waals surface area (Å²) in [6.45, 7) is 8.75. The molecule has 1 saturated heterocycles. The minimum Gasteiger partial charge on any atom is -0.382 e. The number of aromatic nitrogens is 2. The Kier molecular flexibility index (Phi) is 4.42. The van der Waals surface area contributed by atoms with Crippen LogP contribution < -0.4 is 11.1 Å². The summed E-state index contributed by atoms with van der Waals surface area (Å²) in [4.78, 5) is 7.04. The van der Waals surface area contributed by atoms with Crippen LogP contribution in [0.15, 0.2) is 5.38 Å². The fourth-order valence-corrected chi connectivity index (χ4v) is 4.34. The lowest BCUT2D eigenvalue weighted by Crippen LogP contribution is -2.22. The zero-order chi connectivity index (χ0) is 14.8. The van der Waals surface area contributed by atoms with Gasteiger partial charge < -0.3 is 16.0 Å². The van der Waals surface area contributed by atoms with Crippen LogP contribution in [-0.4, -0.2) is 40.4 Å². The number of nitrogens with zero attached hydrogens (tertiary/aromatic N) is 3. The van der Waals surface area contributed by atoms with Crippen LogP contribution in [0.1, 0.15) is 19.0 Å². The molecule has 1 fully saturated rings. The van der Waals surface area contributed by atoms with E-state index in [0.29, 0.717) is 11.7 Å². The van der Waals surface area contributed by atoms with Crippen molar-refractivity contribution in [2.45, 2.75) is 20.3 Å². The van der Waals surface area contributed by atoms with Gasteiger partial charge in [-0.1, -0.05) is 6.92 Å². The lowest BCUT2D eigenvalue weighted by molar-refractivity contribution is 0.345. The number of rotatable bonds is 5. The van der Waals surface area contributed by atoms with Gasteiger partial charge in [-0.15, -0.1) is 11.3 Å². The van der Waals surface area contributed by atoms with Gasteiger partial charge in [0.05, 0.1) is 5.56 Å². The van der Waals surface area contributed by atoms with Gasteiger partial charge in [-0.25, -0.2) is 4.98 Å². The maximum absolute atomic E-state index is 6.03. The van der Waals surface area contributed by atoms with E-state index in [2.05, 4.69) is 26.5 Å². The molecule has 0 aliphatic carbocycles. The van der Waals surface area contributed by atoms with Gasteiger partial charge in [0.1, 0.15) is 15.8 Å². The highest BCUT2D eigenvalue weighted by molar-refractivity contribution is 7.15. The molecule has 0 aromatic carbocycles. The number of likely N-dealkylation sites (tertiary alicyclic amines) is 1. The first-order chi connectivity index (χ1) is 10.2. The van der Waals surface area contributed by atoms with Crippen molar-refractivity contribution in [3.8, 4) is 10.6 Å². The Bertz CT molecular complexity index is 606. The van der Waals surface area contributed by atoms with E-state index in [1.54, 1.807) is 11.3 Å². The zero-order valence-electron chi connectivity index (χ0n) is 12.4. The highest BCUT2D eigenvalue weighted by atomic mass is 32.1. The quantitative estimate of drug-likeness (QED) is 0.885. The molecule has 5 nitrogen and oxygen atoms in total. The van der Waals surface area contributed by atoms with Crippen LogP contribution in [0.3, 0.4) is 0 Å². The molecule has 114 valence electrons. The molecule has 0 saturated carbocycles.